The van der Waals surface area contributed by atoms with Gasteiger partial charge in [0.15, 0.2) is 0 Å². The van der Waals surface area contributed by atoms with Gasteiger partial charge in [0, 0.05) is 36.6 Å². The number of rotatable bonds is 6. The molecule has 3 rings (SSSR count). The molecule has 0 unspecified atom stereocenters. The van der Waals surface area contributed by atoms with E-state index in [0.29, 0.717) is 24.9 Å². The van der Waals surface area contributed by atoms with Crippen LogP contribution in [0.25, 0.3) is 10.9 Å². The number of nitrogens with zero attached hydrogens (tertiary/aromatic N) is 1. The molecule has 156 valence electrons. The molecule has 0 bridgehead atoms. The number of likely N-dealkylation sites (tertiary alicyclic amines) is 1. The summed E-state index contributed by atoms with van der Waals surface area (Å²) in [7, 11) is 0. The minimum absolute atomic E-state index is 0.141. The smallest absolute Gasteiger partial charge is 0.326 e. The number of carboxylic acid groups (broad SMARTS) is 1. The van der Waals surface area contributed by atoms with Crippen molar-refractivity contribution >= 4 is 28.8 Å². The van der Waals surface area contributed by atoms with Crippen LogP contribution in [0.5, 0.6) is 0 Å². The van der Waals surface area contributed by atoms with E-state index in [-0.39, 0.29) is 18.9 Å². The van der Waals surface area contributed by atoms with E-state index in [1.807, 2.05) is 24.3 Å². The predicted octanol–water partition coefficient (Wildman–Crippen LogP) is 1.97. The van der Waals surface area contributed by atoms with E-state index < -0.39 is 18.0 Å². The molecule has 8 nitrogen and oxygen atoms in total. The highest BCUT2D eigenvalue weighted by Crippen LogP contribution is 2.21. The van der Waals surface area contributed by atoms with Gasteiger partial charge in [-0.2, -0.15) is 0 Å². The van der Waals surface area contributed by atoms with Gasteiger partial charge in [-0.1, -0.05) is 32.0 Å². The van der Waals surface area contributed by atoms with Gasteiger partial charge in [0.2, 0.25) is 5.91 Å². The summed E-state index contributed by atoms with van der Waals surface area (Å²) in [5.41, 5.74) is 1.72. The zero-order chi connectivity index (χ0) is 21.0. The largest absolute Gasteiger partial charge is 0.480 e. The average Bonchev–Trinajstić information content (AvgIpc) is 3.07. The fourth-order valence-electron chi connectivity index (χ4n) is 4.06. The SMILES string of the molecule is C[C@@H]1C[C@H](C)CN(C(=O)CNC(=O)N[C@@H](Cc2c[nH]c3ccccc23)C(=O)O)C1. The number of para-hydroxylation sites is 1. The highest BCUT2D eigenvalue weighted by molar-refractivity contribution is 5.88. The molecule has 8 heteroatoms. The monoisotopic (exact) mass is 400 g/mol. The van der Waals surface area contributed by atoms with E-state index in [2.05, 4.69) is 29.5 Å². The van der Waals surface area contributed by atoms with Crippen molar-refractivity contribution in [1.29, 1.82) is 0 Å². The lowest BCUT2D eigenvalue weighted by molar-refractivity contribution is -0.139. The molecule has 0 aliphatic carbocycles. The molecule has 0 saturated carbocycles. The fraction of sp³-hybridized carbons (Fsp3) is 0.476. The Morgan fingerprint density at radius 2 is 1.90 bits per heavy atom. The molecule has 2 aromatic rings. The number of benzene rings is 1. The van der Waals surface area contributed by atoms with E-state index in [1.54, 1.807) is 11.1 Å². The third-order valence-electron chi connectivity index (χ3n) is 5.32. The summed E-state index contributed by atoms with van der Waals surface area (Å²) in [6.07, 6.45) is 2.98. The third kappa shape index (κ3) is 5.28. The summed E-state index contributed by atoms with van der Waals surface area (Å²) in [6, 6.07) is 5.82. The quantitative estimate of drug-likeness (QED) is 0.593. The molecule has 0 radical (unpaired) electrons. The van der Waals surface area contributed by atoms with Gasteiger partial charge in [-0.15, -0.1) is 0 Å². The molecule has 3 amide bonds. The van der Waals surface area contributed by atoms with E-state index in [4.69, 9.17) is 0 Å². The van der Waals surface area contributed by atoms with Gasteiger partial charge in [0.05, 0.1) is 6.54 Å². The minimum atomic E-state index is -1.13. The maximum atomic E-state index is 12.4. The number of carbonyl (C=O) groups is 3. The van der Waals surface area contributed by atoms with Crippen molar-refractivity contribution in [2.45, 2.75) is 32.7 Å². The summed E-state index contributed by atoms with van der Waals surface area (Å²) in [6.45, 7) is 5.44. The summed E-state index contributed by atoms with van der Waals surface area (Å²) in [5.74, 6) is -0.411. The van der Waals surface area contributed by atoms with E-state index in [1.165, 1.54) is 0 Å². The van der Waals surface area contributed by atoms with Crippen molar-refractivity contribution in [3.63, 3.8) is 0 Å². The summed E-state index contributed by atoms with van der Waals surface area (Å²) >= 11 is 0. The number of aliphatic carboxylic acids is 1. The lowest BCUT2D eigenvalue weighted by Gasteiger charge is -2.35. The molecule has 0 spiro atoms. The second-order valence-electron chi connectivity index (χ2n) is 8.03. The molecule has 1 saturated heterocycles. The van der Waals surface area contributed by atoms with Crippen LogP contribution in [0, 0.1) is 11.8 Å². The Hall–Kier alpha value is -3.03. The second kappa shape index (κ2) is 8.98. The number of carbonyl (C=O) groups excluding carboxylic acids is 2. The first-order valence-electron chi connectivity index (χ1n) is 9.93. The van der Waals surface area contributed by atoms with Crippen LogP contribution in [0.15, 0.2) is 30.5 Å². The van der Waals surface area contributed by atoms with Crippen LogP contribution < -0.4 is 10.6 Å². The molecule has 1 fully saturated rings. The number of aromatic nitrogens is 1. The van der Waals surface area contributed by atoms with E-state index in [0.717, 1.165) is 22.9 Å². The topological polar surface area (TPSA) is 115 Å². The van der Waals surface area contributed by atoms with E-state index in [9.17, 15) is 19.5 Å². The van der Waals surface area contributed by atoms with Gasteiger partial charge < -0.3 is 25.6 Å². The Kier molecular flexibility index (Phi) is 6.41. The molecule has 29 heavy (non-hydrogen) atoms. The first kappa shape index (κ1) is 20.7. The standard InChI is InChI=1S/C21H28N4O4/c1-13-7-14(2)12-25(11-13)19(26)10-23-21(29)24-18(20(27)28)8-15-9-22-17-6-4-3-5-16(15)17/h3-6,9,13-14,18,22H,7-8,10-12H2,1-2H3,(H,27,28)(H2,23,24,29)/t13-,14+,18-/m0/s1. The highest BCUT2D eigenvalue weighted by atomic mass is 16.4. The van der Waals surface area contributed by atoms with Crippen LogP contribution in [-0.4, -0.2) is 58.6 Å². The van der Waals surface area contributed by atoms with Crippen molar-refractivity contribution in [3.8, 4) is 0 Å². The molecule has 4 N–H and O–H groups in total. The minimum Gasteiger partial charge on any atom is -0.480 e. The first-order chi connectivity index (χ1) is 13.8. The second-order valence-corrected chi connectivity index (χ2v) is 8.03. The number of hydrogen-bond donors (Lipinski definition) is 4. The number of piperidine rings is 1. The Morgan fingerprint density at radius 3 is 2.59 bits per heavy atom. The number of aromatic amines is 1. The van der Waals surface area contributed by atoms with Crippen molar-refractivity contribution < 1.29 is 19.5 Å². The number of fused-ring (bicyclic) bond motifs is 1. The van der Waals surface area contributed by atoms with Crippen LogP contribution in [-0.2, 0) is 16.0 Å². The Balaban J connectivity index is 1.54. The average molecular weight is 400 g/mol. The zero-order valence-electron chi connectivity index (χ0n) is 16.8. The van der Waals surface area contributed by atoms with Crippen LogP contribution in [0.4, 0.5) is 4.79 Å². The molecule has 1 aliphatic heterocycles. The molecule has 1 aromatic carbocycles. The molecular weight excluding hydrogens is 372 g/mol. The van der Waals surface area contributed by atoms with Crippen molar-refractivity contribution in [2.75, 3.05) is 19.6 Å². The van der Waals surface area contributed by atoms with Crippen LogP contribution in [0.1, 0.15) is 25.8 Å². The predicted molar refractivity (Wildman–Crippen MR) is 109 cm³/mol. The van der Waals surface area contributed by atoms with Gasteiger partial charge >= 0.3 is 12.0 Å². The third-order valence-corrected chi connectivity index (χ3v) is 5.32. The number of amides is 3. The molecule has 1 aromatic heterocycles. The maximum Gasteiger partial charge on any atom is 0.326 e. The molecule has 2 heterocycles. The highest BCUT2D eigenvalue weighted by Gasteiger charge is 2.26. The summed E-state index contributed by atoms with van der Waals surface area (Å²) in [4.78, 5) is 41.1. The zero-order valence-corrected chi connectivity index (χ0v) is 16.8. The molecule has 1 aliphatic rings. The van der Waals surface area contributed by atoms with Crippen LogP contribution in [0.2, 0.25) is 0 Å². The fourth-order valence-corrected chi connectivity index (χ4v) is 4.06. The molecular formula is C21H28N4O4. The summed E-state index contributed by atoms with van der Waals surface area (Å²) < 4.78 is 0. The van der Waals surface area contributed by atoms with Gasteiger partial charge in [0.1, 0.15) is 6.04 Å². The number of hydrogen-bond acceptors (Lipinski definition) is 3. The lowest BCUT2D eigenvalue weighted by Crippen LogP contribution is -2.51. The van der Waals surface area contributed by atoms with Gasteiger partial charge in [-0.25, -0.2) is 9.59 Å². The number of H-pyrrole nitrogens is 1. The van der Waals surface area contributed by atoms with Gasteiger partial charge in [-0.05, 0) is 29.9 Å². The van der Waals surface area contributed by atoms with Crippen LogP contribution in [0.3, 0.4) is 0 Å². The molecule has 3 atom stereocenters. The first-order valence-corrected chi connectivity index (χ1v) is 9.93. The maximum absolute atomic E-state index is 12.4. The Labute approximate surface area is 169 Å². The normalized spacial score (nSPS) is 20.3. The van der Waals surface area contributed by atoms with Gasteiger partial charge in [0.25, 0.3) is 0 Å². The van der Waals surface area contributed by atoms with Crippen molar-refractivity contribution in [2.24, 2.45) is 11.8 Å². The lowest BCUT2D eigenvalue weighted by atomic mass is 9.92. The van der Waals surface area contributed by atoms with E-state index >= 15 is 0 Å². The van der Waals surface area contributed by atoms with Crippen molar-refractivity contribution in [1.82, 2.24) is 20.5 Å². The Bertz CT molecular complexity index is 884. The van der Waals surface area contributed by atoms with Crippen LogP contribution >= 0.6 is 0 Å². The number of carboxylic acids is 1. The number of urea groups is 1. The van der Waals surface area contributed by atoms with Crippen molar-refractivity contribution in [3.05, 3.63) is 36.0 Å². The number of nitrogens with one attached hydrogen (secondary N) is 3. The Morgan fingerprint density at radius 1 is 1.21 bits per heavy atom. The van der Waals surface area contributed by atoms with Gasteiger partial charge in [-0.3, -0.25) is 4.79 Å². The summed E-state index contributed by atoms with van der Waals surface area (Å²) in [5, 5.41) is 15.4.